The maximum Gasteiger partial charge on any atom is 0.153 e. The molecule has 0 spiro atoms. The fraction of sp³-hybridized carbons (Fsp3) is 0.364. The van der Waals surface area contributed by atoms with Crippen LogP contribution in [-0.4, -0.2) is 13.4 Å². The van der Waals surface area contributed by atoms with Crippen LogP contribution >= 0.6 is 0 Å². The molecule has 0 saturated carbocycles. The molecule has 0 atom stereocenters. The monoisotopic (exact) mass is 176 g/mol. The van der Waals surface area contributed by atoms with Crippen molar-refractivity contribution in [2.45, 2.75) is 19.3 Å². The second-order valence-corrected chi connectivity index (χ2v) is 3.30. The summed E-state index contributed by atoms with van der Waals surface area (Å²) in [5.74, 6) is 0.782. The van der Waals surface area contributed by atoms with Crippen molar-refractivity contribution in [3.8, 4) is 5.75 Å². The zero-order valence-electron chi connectivity index (χ0n) is 7.67. The lowest BCUT2D eigenvalue weighted by Gasteiger charge is -2.08. The van der Waals surface area contributed by atoms with Crippen LogP contribution in [0.2, 0.25) is 0 Å². The van der Waals surface area contributed by atoms with Gasteiger partial charge in [-0.15, -0.1) is 0 Å². The summed E-state index contributed by atoms with van der Waals surface area (Å²) >= 11 is 0. The number of ether oxygens (including phenoxy) is 1. The topological polar surface area (TPSA) is 26.3 Å². The van der Waals surface area contributed by atoms with Gasteiger partial charge in [-0.05, 0) is 36.5 Å². The van der Waals surface area contributed by atoms with Gasteiger partial charge in [0.25, 0.3) is 0 Å². The largest absolute Gasteiger partial charge is 0.496 e. The molecule has 1 aliphatic rings. The number of fused-ring (bicyclic) bond motifs is 1. The van der Waals surface area contributed by atoms with Crippen LogP contribution in [0.5, 0.6) is 5.75 Å². The third kappa shape index (κ3) is 1.22. The van der Waals surface area contributed by atoms with Crippen molar-refractivity contribution < 1.29 is 9.53 Å². The predicted molar refractivity (Wildman–Crippen MR) is 50.4 cm³/mol. The number of aryl methyl sites for hydroxylation is 1. The van der Waals surface area contributed by atoms with Crippen LogP contribution < -0.4 is 4.74 Å². The maximum atomic E-state index is 10.7. The van der Waals surface area contributed by atoms with Crippen LogP contribution in [0, 0.1) is 0 Å². The zero-order valence-corrected chi connectivity index (χ0v) is 7.67. The van der Waals surface area contributed by atoms with Gasteiger partial charge >= 0.3 is 0 Å². The van der Waals surface area contributed by atoms with Crippen molar-refractivity contribution in [3.63, 3.8) is 0 Å². The summed E-state index contributed by atoms with van der Waals surface area (Å²) in [6.07, 6.45) is 4.19. The van der Waals surface area contributed by atoms with Gasteiger partial charge in [0.2, 0.25) is 0 Å². The average Bonchev–Trinajstić information content (AvgIpc) is 2.63. The highest BCUT2D eigenvalue weighted by Crippen LogP contribution is 2.32. The lowest BCUT2D eigenvalue weighted by Crippen LogP contribution is -1.96. The van der Waals surface area contributed by atoms with Crippen LogP contribution in [0.25, 0.3) is 0 Å². The van der Waals surface area contributed by atoms with Gasteiger partial charge < -0.3 is 4.74 Å². The number of hydrogen-bond acceptors (Lipinski definition) is 2. The highest BCUT2D eigenvalue weighted by atomic mass is 16.5. The Bertz CT molecular complexity index is 342. The van der Waals surface area contributed by atoms with E-state index in [9.17, 15) is 4.79 Å². The summed E-state index contributed by atoms with van der Waals surface area (Å²) < 4.78 is 5.25. The number of hydrogen-bond donors (Lipinski definition) is 0. The molecule has 0 N–H and O–H groups in total. The third-order valence-corrected chi connectivity index (χ3v) is 2.59. The van der Waals surface area contributed by atoms with Gasteiger partial charge in [0.15, 0.2) is 6.29 Å². The summed E-state index contributed by atoms with van der Waals surface area (Å²) in [6, 6.07) is 3.88. The van der Waals surface area contributed by atoms with Crippen molar-refractivity contribution >= 4 is 6.29 Å². The highest BCUT2D eigenvalue weighted by molar-refractivity contribution is 5.80. The summed E-state index contributed by atoms with van der Waals surface area (Å²) in [4.78, 5) is 10.7. The van der Waals surface area contributed by atoms with Crippen molar-refractivity contribution in [2.24, 2.45) is 0 Å². The number of carbonyl (C=O) groups is 1. The Kier molecular flexibility index (Phi) is 2.05. The molecule has 2 nitrogen and oxygen atoms in total. The van der Waals surface area contributed by atoms with Crippen LogP contribution in [0.15, 0.2) is 12.1 Å². The molecule has 0 aromatic heterocycles. The van der Waals surface area contributed by atoms with Crippen molar-refractivity contribution in [2.75, 3.05) is 7.11 Å². The molecule has 0 unspecified atom stereocenters. The second kappa shape index (κ2) is 3.21. The first-order valence-corrected chi connectivity index (χ1v) is 4.50. The van der Waals surface area contributed by atoms with Crippen LogP contribution in [0.1, 0.15) is 27.9 Å². The summed E-state index contributed by atoms with van der Waals surface area (Å²) in [5.41, 5.74) is 3.23. The Labute approximate surface area is 77.5 Å². The first kappa shape index (κ1) is 8.30. The standard InChI is InChI=1S/C11H12O2/c1-13-11-9(7-12)6-5-8-3-2-4-10(8)11/h5-7H,2-4H2,1H3. The molecule has 0 saturated heterocycles. The van der Waals surface area contributed by atoms with Gasteiger partial charge in [0.05, 0.1) is 12.7 Å². The molecule has 0 aliphatic heterocycles. The molecule has 1 aromatic carbocycles. The molecular formula is C11H12O2. The number of benzene rings is 1. The minimum Gasteiger partial charge on any atom is -0.496 e. The molecule has 68 valence electrons. The Morgan fingerprint density at radius 1 is 1.38 bits per heavy atom. The van der Waals surface area contributed by atoms with Crippen LogP contribution in [0.4, 0.5) is 0 Å². The number of carbonyl (C=O) groups excluding carboxylic acids is 1. The van der Waals surface area contributed by atoms with Crippen molar-refractivity contribution in [1.29, 1.82) is 0 Å². The fourth-order valence-electron chi connectivity index (χ4n) is 1.98. The lowest BCUT2D eigenvalue weighted by molar-refractivity contribution is 0.112. The highest BCUT2D eigenvalue weighted by Gasteiger charge is 2.17. The molecule has 0 fully saturated rings. The first-order chi connectivity index (χ1) is 6.36. The molecular weight excluding hydrogens is 164 g/mol. The Balaban J connectivity index is 2.59. The van der Waals surface area contributed by atoms with Crippen LogP contribution in [-0.2, 0) is 12.8 Å². The van der Waals surface area contributed by atoms with E-state index in [-0.39, 0.29) is 0 Å². The Morgan fingerprint density at radius 2 is 2.23 bits per heavy atom. The molecule has 2 heteroatoms. The van der Waals surface area contributed by atoms with E-state index in [4.69, 9.17) is 4.74 Å². The zero-order chi connectivity index (χ0) is 9.26. The number of aldehydes is 1. The molecule has 0 amide bonds. The van der Waals surface area contributed by atoms with E-state index >= 15 is 0 Å². The minimum absolute atomic E-state index is 0.670. The van der Waals surface area contributed by atoms with Gasteiger partial charge in [-0.25, -0.2) is 0 Å². The molecule has 1 aliphatic carbocycles. The quantitative estimate of drug-likeness (QED) is 0.644. The SMILES string of the molecule is COc1c(C=O)ccc2c1CCC2. The second-order valence-electron chi connectivity index (χ2n) is 3.30. The third-order valence-electron chi connectivity index (χ3n) is 2.59. The maximum absolute atomic E-state index is 10.7. The van der Waals surface area contributed by atoms with Crippen LogP contribution in [0.3, 0.4) is 0 Å². The van der Waals surface area contributed by atoms with Crippen molar-refractivity contribution in [1.82, 2.24) is 0 Å². The molecule has 1 aromatic rings. The molecule has 13 heavy (non-hydrogen) atoms. The molecule has 0 radical (unpaired) electrons. The summed E-state index contributed by atoms with van der Waals surface area (Å²) in [6.45, 7) is 0. The Morgan fingerprint density at radius 3 is 2.92 bits per heavy atom. The summed E-state index contributed by atoms with van der Waals surface area (Å²) in [5, 5.41) is 0. The smallest absolute Gasteiger partial charge is 0.153 e. The van der Waals surface area contributed by atoms with E-state index < -0.39 is 0 Å². The number of methoxy groups -OCH3 is 1. The normalized spacial score (nSPS) is 13.9. The fourth-order valence-corrected chi connectivity index (χ4v) is 1.98. The van der Waals surface area contributed by atoms with Gasteiger partial charge in [-0.3, -0.25) is 4.79 Å². The van der Waals surface area contributed by atoms with Gasteiger partial charge in [-0.2, -0.15) is 0 Å². The predicted octanol–water partition coefficient (Wildman–Crippen LogP) is 2.00. The van der Waals surface area contributed by atoms with Gasteiger partial charge in [-0.1, -0.05) is 6.07 Å². The van der Waals surface area contributed by atoms with Gasteiger partial charge in [0.1, 0.15) is 5.75 Å². The lowest BCUT2D eigenvalue weighted by atomic mass is 10.1. The first-order valence-electron chi connectivity index (χ1n) is 4.50. The van der Waals surface area contributed by atoms with E-state index in [1.54, 1.807) is 7.11 Å². The number of rotatable bonds is 2. The Hall–Kier alpha value is -1.31. The van der Waals surface area contributed by atoms with E-state index in [0.717, 1.165) is 24.9 Å². The average molecular weight is 176 g/mol. The van der Waals surface area contributed by atoms with E-state index in [0.29, 0.717) is 5.56 Å². The van der Waals surface area contributed by atoms with Crippen molar-refractivity contribution in [3.05, 3.63) is 28.8 Å². The van der Waals surface area contributed by atoms with Gasteiger partial charge in [0, 0.05) is 0 Å². The molecule has 0 bridgehead atoms. The van der Waals surface area contributed by atoms with E-state index in [1.165, 1.54) is 17.5 Å². The molecule has 0 heterocycles. The van der Waals surface area contributed by atoms with E-state index in [2.05, 4.69) is 0 Å². The molecule has 2 rings (SSSR count). The van der Waals surface area contributed by atoms with E-state index in [1.807, 2.05) is 12.1 Å². The summed E-state index contributed by atoms with van der Waals surface area (Å²) in [7, 11) is 1.63. The minimum atomic E-state index is 0.670.